The van der Waals surface area contributed by atoms with E-state index in [2.05, 4.69) is 109 Å². The average Bonchev–Trinajstić information content (AvgIpc) is 3.96. The molecule has 0 amide bonds. The van der Waals surface area contributed by atoms with E-state index in [1.165, 1.54) is 10.9 Å². The van der Waals surface area contributed by atoms with Crippen molar-refractivity contribution in [2.24, 2.45) is 0 Å². The third kappa shape index (κ3) is 5.98. The van der Waals surface area contributed by atoms with Gasteiger partial charge in [0.2, 0.25) is 0 Å². The number of nitrogens with zero attached hydrogens (tertiary/aromatic N) is 4. The van der Waals surface area contributed by atoms with Crippen LogP contribution in [0.3, 0.4) is 0 Å². The number of aromatic nitrogens is 4. The lowest BCUT2D eigenvalue weighted by atomic mass is 9.93. The third-order valence-electron chi connectivity index (χ3n) is 11.2. The molecule has 4 heterocycles. The normalized spacial score (nSPS) is 12.0. The Morgan fingerprint density at radius 3 is 1.87 bits per heavy atom. The van der Waals surface area contributed by atoms with Gasteiger partial charge in [0.1, 0.15) is 22.3 Å². The van der Waals surface area contributed by atoms with Gasteiger partial charge in [0.05, 0.1) is 5.52 Å². The maximum atomic E-state index is 6.65. The Morgan fingerprint density at radius 2 is 1.17 bits per heavy atom. The van der Waals surface area contributed by atoms with Crippen LogP contribution in [-0.4, -0.2) is 19.5 Å². The van der Waals surface area contributed by atoms with Crippen molar-refractivity contribution in [1.29, 1.82) is 0 Å². The Labute approximate surface area is 349 Å². The van der Waals surface area contributed by atoms with E-state index in [1.54, 1.807) is 0 Å². The maximum absolute atomic E-state index is 6.65. The molecule has 0 bridgehead atoms. The SMILES string of the molecule is C=C(/C=C(\C)c1nc(-c2ccccc2)nc(-c2cccc3oc4cc5c(cc4c23)c2cccc3oc4cccc5c4c32)n1)n1c(C)c(/C=C\C)c2ccccc21.CC.CC. The smallest absolute Gasteiger partial charge is 0.164 e. The number of fused-ring (bicyclic) bond motifs is 7. The van der Waals surface area contributed by atoms with Crippen LogP contribution >= 0.6 is 0 Å². The highest BCUT2D eigenvalue weighted by Crippen LogP contribution is 2.45. The molecule has 294 valence electrons. The van der Waals surface area contributed by atoms with Gasteiger partial charge in [-0.25, -0.2) is 15.0 Å². The molecule has 11 rings (SSSR count). The van der Waals surface area contributed by atoms with Crippen LogP contribution in [0, 0.1) is 6.92 Å². The molecular weight excluding hydrogens is 737 g/mol. The Balaban J connectivity index is 0.00000112. The first-order chi connectivity index (χ1) is 29.5. The van der Waals surface area contributed by atoms with E-state index in [-0.39, 0.29) is 0 Å². The molecule has 4 aromatic heterocycles. The quantitative estimate of drug-likeness (QED) is 0.124. The number of benzene rings is 7. The number of furan rings is 2. The fourth-order valence-corrected chi connectivity index (χ4v) is 8.73. The van der Waals surface area contributed by atoms with Crippen LogP contribution in [0.15, 0.2) is 149 Å². The summed E-state index contributed by atoms with van der Waals surface area (Å²) in [4.78, 5) is 15.4. The second-order valence-corrected chi connectivity index (χ2v) is 14.5. The van der Waals surface area contributed by atoms with Gasteiger partial charge in [0.25, 0.3) is 0 Å². The molecular formula is C54H46N4O2. The summed E-state index contributed by atoms with van der Waals surface area (Å²) in [6.45, 7) is 18.8. The van der Waals surface area contributed by atoms with Gasteiger partial charge in [-0.05, 0) is 90.4 Å². The van der Waals surface area contributed by atoms with Crippen LogP contribution in [0.25, 0.3) is 116 Å². The molecule has 7 aromatic carbocycles. The van der Waals surface area contributed by atoms with Crippen LogP contribution in [0.4, 0.5) is 0 Å². The predicted octanol–water partition coefficient (Wildman–Crippen LogP) is 15.7. The largest absolute Gasteiger partial charge is 0.456 e. The molecule has 6 nitrogen and oxygen atoms in total. The summed E-state index contributed by atoms with van der Waals surface area (Å²) in [6.07, 6.45) is 6.31. The number of rotatable bonds is 6. The zero-order chi connectivity index (χ0) is 41.7. The summed E-state index contributed by atoms with van der Waals surface area (Å²) >= 11 is 0. The van der Waals surface area contributed by atoms with Crippen LogP contribution in [-0.2, 0) is 0 Å². The van der Waals surface area contributed by atoms with E-state index in [1.807, 2.05) is 90.1 Å². The lowest BCUT2D eigenvalue weighted by Crippen LogP contribution is -2.03. The first kappa shape index (κ1) is 38.2. The second-order valence-electron chi connectivity index (χ2n) is 14.5. The molecule has 0 fully saturated rings. The van der Waals surface area contributed by atoms with E-state index in [0.29, 0.717) is 17.5 Å². The van der Waals surface area contributed by atoms with Gasteiger partial charge in [0, 0.05) is 55.0 Å². The van der Waals surface area contributed by atoms with Crippen molar-refractivity contribution in [2.75, 3.05) is 0 Å². The first-order valence-electron chi connectivity index (χ1n) is 20.8. The highest BCUT2D eigenvalue weighted by Gasteiger charge is 2.22. The minimum absolute atomic E-state index is 0.570. The number of allylic oxidation sites excluding steroid dienone is 4. The number of hydrogen-bond acceptors (Lipinski definition) is 5. The van der Waals surface area contributed by atoms with Crippen molar-refractivity contribution >= 4 is 93.7 Å². The van der Waals surface area contributed by atoms with Gasteiger partial charge < -0.3 is 13.4 Å². The van der Waals surface area contributed by atoms with Crippen molar-refractivity contribution in [3.8, 4) is 22.8 Å². The van der Waals surface area contributed by atoms with Gasteiger partial charge in [-0.2, -0.15) is 0 Å². The molecule has 11 aromatic rings. The number of hydrogen-bond donors (Lipinski definition) is 0. The number of para-hydroxylation sites is 1. The first-order valence-corrected chi connectivity index (χ1v) is 20.8. The lowest BCUT2D eigenvalue weighted by Gasteiger charge is -2.12. The Bertz CT molecular complexity index is 3470. The third-order valence-corrected chi connectivity index (χ3v) is 11.2. The van der Waals surface area contributed by atoms with Crippen molar-refractivity contribution in [3.05, 3.63) is 157 Å². The Morgan fingerprint density at radius 1 is 0.583 bits per heavy atom. The van der Waals surface area contributed by atoms with Crippen molar-refractivity contribution in [1.82, 2.24) is 19.5 Å². The van der Waals surface area contributed by atoms with E-state index in [4.69, 9.17) is 23.8 Å². The standard InChI is InChI=1S/C50H34N4O2.2C2H6/c1-5-14-32-30(4)54(40-21-10-9-17-33(32)40)29(3)25-28(2)48-51-49(31-15-7-6-8-16-31)53-50(52-48)36-20-13-22-41-45(36)39-26-37-34-18-11-23-42-46(34)47-35(19-12-24-43(47)55-42)38(37)27-44(39)56-41;2*1-2/h5-27H,3H2,1-2,4H3;2*1-2H3/b14-5-,28-25+;;. The van der Waals surface area contributed by atoms with Crippen molar-refractivity contribution in [2.45, 2.75) is 48.5 Å². The monoisotopic (exact) mass is 782 g/mol. The second kappa shape index (κ2) is 15.5. The Kier molecular flexibility index (Phi) is 9.85. The predicted molar refractivity (Wildman–Crippen MR) is 255 cm³/mol. The molecule has 0 saturated heterocycles. The Hall–Kier alpha value is -7.31. The van der Waals surface area contributed by atoms with Crippen molar-refractivity contribution < 1.29 is 8.83 Å². The molecule has 0 radical (unpaired) electrons. The molecule has 0 aliphatic rings. The van der Waals surface area contributed by atoms with E-state index < -0.39 is 0 Å². The van der Waals surface area contributed by atoms with Crippen molar-refractivity contribution in [3.63, 3.8) is 0 Å². The van der Waals surface area contributed by atoms with Gasteiger partial charge >= 0.3 is 0 Å². The van der Waals surface area contributed by atoms with E-state index in [0.717, 1.165) is 99.0 Å². The highest BCUT2D eigenvalue weighted by molar-refractivity contribution is 6.34. The fourth-order valence-electron chi connectivity index (χ4n) is 8.73. The summed E-state index contributed by atoms with van der Waals surface area (Å²) in [5.41, 5.74) is 10.3. The molecule has 0 atom stereocenters. The highest BCUT2D eigenvalue weighted by atomic mass is 16.3. The topological polar surface area (TPSA) is 69.9 Å². The minimum Gasteiger partial charge on any atom is -0.456 e. The minimum atomic E-state index is 0.570. The summed E-state index contributed by atoms with van der Waals surface area (Å²) in [5.74, 6) is 1.74. The zero-order valence-corrected chi connectivity index (χ0v) is 35.1. The summed E-state index contributed by atoms with van der Waals surface area (Å²) in [7, 11) is 0. The maximum Gasteiger partial charge on any atom is 0.164 e. The molecule has 0 saturated carbocycles. The van der Waals surface area contributed by atoms with E-state index >= 15 is 0 Å². The van der Waals surface area contributed by atoms with Crippen LogP contribution in [0.1, 0.15) is 58.6 Å². The molecule has 60 heavy (non-hydrogen) atoms. The van der Waals surface area contributed by atoms with Gasteiger partial charge in [0.15, 0.2) is 17.5 Å². The van der Waals surface area contributed by atoms with Gasteiger partial charge in [-0.15, -0.1) is 0 Å². The molecule has 0 aliphatic heterocycles. The lowest BCUT2D eigenvalue weighted by molar-refractivity contribution is 0.669. The van der Waals surface area contributed by atoms with Gasteiger partial charge in [-0.1, -0.05) is 131 Å². The summed E-state index contributed by atoms with van der Waals surface area (Å²) in [5, 5.41) is 10.0. The summed E-state index contributed by atoms with van der Waals surface area (Å²) in [6, 6.07) is 41.7. The zero-order valence-electron chi connectivity index (χ0n) is 35.1. The van der Waals surface area contributed by atoms with Gasteiger partial charge in [-0.3, -0.25) is 0 Å². The van der Waals surface area contributed by atoms with Crippen LogP contribution in [0.5, 0.6) is 0 Å². The van der Waals surface area contributed by atoms with Crippen LogP contribution in [0.2, 0.25) is 0 Å². The molecule has 0 unspecified atom stereocenters. The fraction of sp³-hybridized carbons (Fsp3) is 0.130. The molecule has 6 heteroatoms. The summed E-state index contributed by atoms with van der Waals surface area (Å²) < 4.78 is 15.2. The average molecular weight is 783 g/mol. The molecule has 0 spiro atoms. The van der Waals surface area contributed by atoms with E-state index in [9.17, 15) is 0 Å². The van der Waals surface area contributed by atoms with Crippen LogP contribution < -0.4 is 0 Å². The molecule has 0 N–H and O–H groups in total. The molecule has 0 aliphatic carbocycles.